The van der Waals surface area contributed by atoms with Gasteiger partial charge in [-0.3, -0.25) is 0 Å². The van der Waals surface area contributed by atoms with Crippen molar-refractivity contribution >= 4 is 156 Å². The maximum atomic E-state index is 6.47. The summed E-state index contributed by atoms with van der Waals surface area (Å²) in [5.41, 5.74) is 33.6. The van der Waals surface area contributed by atoms with E-state index in [1.165, 1.54) is 22.3 Å². The molecule has 0 bridgehead atoms. The molecule has 8 nitrogen and oxygen atoms in total. The number of hydrogen-bond donors (Lipinski definition) is 0. The first-order chi connectivity index (χ1) is 63.4. The quantitative estimate of drug-likeness (QED) is 0.0842. The number of furan rings is 4. The molecule has 0 aliphatic heterocycles. The van der Waals surface area contributed by atoms with Crippen LogP contribution in [0.3, 0.4) is 0 Å². The van der Waals surface area contributed by atoms with Gasteiger partial charge in [-0.05, 0) is 250 Å². The fourth-order valence-corrected chi connectivity index (χ4v) is 18.3. The fourth-order valence-electron chi connectivity index (χ4n) is 18.3. The van der Waals surface area contributed by atoms with Crippen LogP contribution >= 0.6 is 0 Å². The first kappa shape index (κ1) is 75.7. The van der Waals surface area contributed by atoms with E-state index in [4.69, 9.17) is 17.7 Å². The van der Waals surface area contributed by atoms with Crippen molar-refractivity contribution in [2.75, 3.05) is 19.6 Å². The van der Waals surface area contributed by atoms with Gasteiger partial charge >= 0.3 is 0 Å². The summed E-state index contributed by atoms with van der Waals surface area (Å²) in [6.07, 6.45) is 0. The minimum atomic E-state index is 0.892. The molecule has 604 valence electrons. The van der Waals surface area contributed by atoms with Gasteiger partial charge in [-0.2, -0.15) is 0 Å². The molecule has 8 heteroatoms. The van der Waals surface area contributed by atoms with Crippen molar-refractivity contribution in [1.29, 1.82) is 0 Å². The zero-order valence-corrected chi connectivity index (χ0v) is 69.6. The van der Waals surface area contributed by atoms with Crippen LogP contribution in [0.4, 0.5) is 68.2 Å². The summed E-state index contributed by atoms with van der Waals surface area (Å²) in [5.74, 6) is 0. The Bertz CT molecular complexity index is 7990. The Morgan fingerprint density at radius 3 is 0.609 bits per heavy atom. The Kier molecular flexibility index (Phi) is 19.5. The second kappa shape index (κ2) is 32.9. The number of hydrogen-bond acceptors (Lipinski definition) is 8. The van der Waals surface area contributed by atoms with Crippen LogP contribution in [0.2, 0.25) is 0 Å². The van der Waals surface area contributed by atoms with E-state index in [2.05, 4.69) is 456 Å². The zero-order chi connectivity index (χ0) is 84.8. The Morgan fingerprint density at radius 1 is 0.117 bits per heavy atom. The SMILES string of the molecule is c1ccc(-c2ccc(N(c3ccc(-c4ccccc4)cc3)c3ccc(N(c4ccc(-c5ccc6oc7ccccc7c6c5)cc4)c4ccc(-c5cccc6c5oc5ccccc56)cc4)cc3)cc2)cc1.c1ccc(N(c2ccccc2)c2ccc(N(c3ccc(-c4ccc5oc6ccccc6c5c4)cc3)c3ccc(-c4cccc5c4oc4ccccc45)cc3)cc2)cc1. The minimum Gasteiger partial charge on any atom is -0.456 e. The number of rotatable bonds is 18. The summed E-state index contributed by atoms with van der Waals surface area (Å²) in [5, 5.41) is 8.99. The molecule has 0 radical (unpaired) electrons. The Balaban J connectivity index is 0.000000149. The molecule has 0 N–H and O–H groups in total. The molecule has 128 heavy (non-hydrogen) atoms. The van der Waals surface area contributed by atoms with Gasteiger partial charge in [-0.1, -0.05) is 291 Å². The van der Waals surface area contributed by atoms with Crippen molar-refractivity contribution in [3.05, 3.63) is 485 Å². The summed E-state index contributed by atoms with van der Waals surface area (Å²) in [4.78, 5) is 9.27. The van der Waals surface area contributed by atoms with Gasteiger partial charge in [0.2, 0.25) is 0 Å². The summed E-state index contributed by atoms with van der Waals surface area (Å²) in [7, 11) is 0. The van der Waals surface area contributed by atoms with E-state index in [0.717, 1.165) is 201 Å². The summed E-state index contributed by atoms with van der Waals surface area (Å²) >= 11 is 0. The number of benzene rings is 20. The molecule has 0 saturated heterocycles. The van der Waals surface area contributed by atoms with Crippen molar-refractivity contribution in [3.8, 4) is 66.8 Å². The second-order valence-electron chi connectivity index (χ2n) is 32.2. The standard InChI is InChI=1S/C66H44N2O2.C54H36N2O2/c1-3-12-45(13-4-1)47-22-31-52(32-23-47)67(53-33-24-48(25-34-53)46-14-5-2-6-15-46)56-39-41-57(42-40-56)68(54-35-26-49(27-36-54)51-30-43-65-62(44-51)60-17-8-9-20-63(60)69-65)55-37-28-50(29-38-55)58-18-11-19-61-59-16-7-10-21-64(59)70-66(58)61;1-3-12-40(13-4-1)55(41-14-5-2-6-15-41)44-31-33-45(34-32-44)56(42-27-22-37(23-28-42)39-26-35-53-50(36-39)48-17-8-9-20-51(48)57-53)43-29-24-38(25-30-43)46-18-11-19-49-47-16-7-10-21-52(47)58-54(46)49/h1-44H;1-36H. The van der Waals surface area contributed by atoms with E-state index in [1.54, 1.807) is 0 Å². The van der Waals surface area contributed by atoms with Crippen LogP contribution in [0.15, 0.2) is 503 Å². The van der Waals surface area contributed by atoms with Crippen LogP contribution in [0, 0.1) is 0 Å². The first-order valence-electron chi connectivity index (χ1n) is 43.3. The van der Waals surface area contributed by atoms with Crippen LogP contribution in [-0.2, 0) is 0 Å². The fraction of sp³-hybridized carbons (Fsp3) is 0. The molecule has 0 amide bonds. The molecule has 4 heterocycles. The molecule has 0 atom stereocenters. The van der Waals surface area contributed by atoms with Crippen molar-refractivity contribution in [2.45, 2.75) is 0 Å². The third-order valence-corrected chi connectivity index (χ3v) is 24.6. The Morgan fingerprint density at radius 2 is 0.312 bits per heavy atom. The van der Waals surface area contributed by atoms with E-state index >= 15 is 0 Å². The number of nitrogens with zero attached hydrogens (tertiary/aromatic N) is 4. The van der Waals surface area contributed by atoms with Gasteiger partial charge in [0.25, 0.3) is 0 Å². The molecule has 0 aliphatic rings. The lowest BCUT2D eigenvalue weighted by molar-refractivity contribution is 0.668. The summed E-state index contributed by atoms with van der Waals surface area (Å²) in [6.45, 7) is 0. The normalized spacial score (nSPS) is 11.4. The molecule has 24 aromatic rings. The molecular weight excluding hydrogens is 1560 g/mol. The van der Waals surface area contributed by atoms with E-state index < -0.39 is 0 Å². The average molecular weight is 1640 g/mol. The van der Waals surface area contributed by atoms with Gasteiger partial charge in [0.15, 0.2) is 0 Å². The van der Waals surface area contributed by atoms with E-state index in [1.807, 2.05) is 48.5 Å². The smallest absolute Gasteiger partial charge is 0.143 e. The largest absolute Gasteiger partial charge is 0.456 e. The monoisotopic (exact) mass is 1640 g/mol. The van der Waals surface area contributed by atoms with Gasteiger partial charge in [-0.15, -0.1) is 0 Å². The van der Waals surface area contributed by atoms with Gasteiger partial charge in [0, 0.05) is 122 Å². The van der Waals surface area contributed by atoms with Crippen molar-refractivity contribution in [1.82, 2.24) is 0 Å². The van der Waals surface area contributed by atoms with E-state index in [9.17, 15) is 0 Å². The Labute approximate surface area is 740 Å². The third kappa shape index (κ3) is 14.4. The van der Waals surface area contributed by atoms with Crippen molar-refractivity contribution in [2.24, 2.45) is 0 Å². The van der Waals surface area contributed by atoms with E-state index in [-0.39, 0.29) is 0 Å². The van der Waals surface area contributed by atoms with Gasteiger partial charge < -0.3 is 37.3 Å². The molecule has 0 unspecified atom stereocenters. The van der Waals surface area contributed by atoms with Crippen LogP contribution in [0.5, 0.6) is 0 Å². The lowest BCUT2D eigenvalue weighted by Crippen LogP contribution is -2.12. The highest BCUT2D eigenvalue weighted by Gasteiger charge is 2.23. The third-order valence-electron chi connectivity index (χ3n) is 24.6. The molecule has 0 fully saturated rings. The summed E-state index contributed by atoms with van der Waals surface area (Å²) < 4.78 is 25.2. The average Bonchev–Trinajstić information content (AvgIpc) is 1.42. The maximum Gasteiger partial charge on any atom is 0.143 e. The zero-order valence-electron chi connectivity index (χ0n) is 69.6. The van der Waals surface area contributed by atoms with Crippen LogP contribution < -0.4 is 19.6 Å². The highest BCUT2D eigenvalue weighted by molar-refractivity contribution is 6.12. The maximum absolute atomic E-state index is 6.47. The number of anilines is 12. The minimum absolute atomic E-state index is 0.892. The molecule has 0 aliphatic carbocycles. The molecule has 0 saturated carbocycles. The van der Waals surface area contributed by atoms with Crippen LogP contribution in [0.1, 0.15) is 0 Å². The Hall–Kier alpha value is -17.2. The highest BCUT2D eigenvalue weighted by Crippen LogP contribution is 2.47. The first-order valence-corrected chi connectivity index (χ1v) is 43.3. The molecular formula is C120H80N4O4. The molecule has 0 spiro atoms. The number of para-hydroxylation sites is 8. The molecule has 4 aromatic heterocycles. The predicted molar refractivity (Wildman–Crippen MR) is 533 cm³/mol. The molecule has 24 rings (SSSR count). The summed E-state index contributed by atoms with van der Waals surface area (Å²) in [6, 6.07) is 172. The van der Waals surface area contributed by atoms with Crippen molar-refractivity contribution in [3.63, 3.8) is 0 Å². The van der Waals surface area contributed by atoms with Gasteiger partial charge in [-0.25, -0.2) is 0 Å². The predicted octanol–water partition coefficient (Wildman–Crippen LogP) is 34.9. The lowest BCUT2D eigenvalue weighted by atomic mass is 10.0. The second-order valence-corrected chi connectivity index (χ2v) is 32.2. The van der Waals surface area contributed by atoms with E-state index in [0.29, 0.717) is 0 Å². The van der Waals surface area contributed by atoms with Crippen LogP contribution in [0.25, 0.3) is 155 Å². The van der Waals surface area contributed by atoms with Gasteiger partial charge in [0.05, 0.1) is 0 Å². The van der Waals surface area contributed by atoms with Crippen LogP contribution in [-0.4, -0.2) is 0 Å². The topological polar surface area (TPSA) is 65.5 Å². The van der Waals surface area contributed by atoms with Gasteiger partial charge in [0.1, 0.15) is 44.7 Å². The highest BCUT2D eigenvalue weighted by atomic mass is 16.3. The lowest BCUT2D eigenvalue weighted by Gasteiger charge is -2.29. The number of fused-ring (bicyclic) bond motifs is 12. The molecule has 20 aromatic carbocycles. The van der Waals surface area contributed by atoms with Crippen molar-refractivity contribution < 1.29 is 17.7 Å².